The third kappa shape index (κ3) is 6.09. The monoisotopic (exact) mass is 529 g/mol. The zero-order valence-electron chi connectivity index (χ0n) is 17.9. The summed E-state index contributed by atoms with van der Waals surface area (Å²) in [6.45, 7) is 1.64. The van der Waals surface area contributed by atoms with Crippen LogP contribution in [0.5, 0.6) is 5.88 Å². The maximum absolute atomic E-state index is 13.0. The molecule has 0 spiro atoms. The van der Waals surface area contributed by atoms with Crippen LogP contribution in [-0.2, 0) is 23.7 Å². The fourth-order valence-corrected chi connectivity index (χ4v) is 4.18. The van der Waals surface area contributed by atoms with Crippen molar-refractivity contribution in [3.05, 3.63) is 87.2 Å². The molecule has 0 aliphatic carbocycles. The number of benzene rings is 2. The van der Waals surface area contributed by atoms with Crippen LogP contribution in [0.2, 0.25) is 10.0 Å². The highest BCUT2D eigenvalue weighted by molar-refractivity contribution is 7.79. The summed E-state index contributed by atoms with van der Waals surface area (Å²) in [6, 6.07) is 12.3. The van der Waals surface area contributed by atoms with Gasteiger partial charge in [-0.05, 0) is 53.9 Å². The summed E-state index contributed by atoms with van der Waals surface area (Å²) in [6.07, 6.45) is -2.65. The van der Waals surface area contributed by atoms with Crippen molar-refractivity contribution in [2.75, 3.05) is 7.11 Å². The molecule has 2 aromatic heterocycles. The number of alkyl halides is 3. The average molecular weight is 530 g/mol. The van der Waals surface area contributed by atoms with Gasteiger partial charge in [-0.25, -0.2) is 4.98 Å². The van der Waals surface area contributed by atoms with Crippen LogP contribution < -0.4 is 4.74 Å². The number of aryl methyl sites for hydroxylation is 1. The second-order valence-corrected chi connectivity index (χ2v) is 8.91. The Morgan fingerprint density at radius 2 is 1.82 bits per heavy atom. The molecule has 0 saturated heterocycles. The first-order valence-corrected chi connectivity index (χ1v) is 11.5. The minimum absolute atomic E-state index is 0.243. The van der Waals surface area contributed by atoms with E-state index >= 15 is 0 Å². The Morgan fingerprint density at radius 3 is 2.38 bits per heavy atom. The Labute approximate surface area is 206 Å². The molecule has 0 amide bonds. The van der Waals surface area contributed by atoms with E-state index in [-0.39, 0.29) is 10.9 Å². The minimum atomic E-state index is -4.39. The molecule has 1 atom stereocenters. The molecule has 180 valence electrons. The number of aromatic nitrogens is 2. The van der Waals surface area contributed by atoms with E-state index in [0.29, 0.717) is 38.7 Å². The van der Waals surface area contributed by atoms with Crippen molar-refractivity contribution in [2.45, 2.75) is 24.4 Å². The summed E-state index contributed by atoms with van der Waals surface area (Å²) in [7, 11) is 1.44. The number of methoxy groups -OCH3 is 1. The third-order valence-corrected chi connectivity index (χ3v) is 6.23. The van der Waals surface area contributed by atoms with Crippen LogP contribution in [0, 0.1) is 6.92 Å². The van der Waals surface area contributed by atoms with Gasteiger partial charge in [-0.2, -0.15) is 13.2 Å². The normalized spacial score (nSPS) is 12.2. The Hall–Kier alpha value is -2.59. The Balaban J connectivity index is 0.000000302. The van der Waals surface area contributed by atoms with Gasteiger partial charge in [0.05, 0.1) is 17.7 Å². The lowest BCUT2D eigenvalue weighted by Crippen LogP contribution is -2.04. The number of nitrogens with one attached hydrogen (secondary N) is 1. The molecule has 0 saturated carbocycles. The van der Waals surface area contributed by atoms with E-state index in [4.69, 9.17) is 27.9 Å². The summed E-state index contributed by atoms with van der Waals surface area (Å²) in [4.78, 5) is 7.31. The molecule has 0 radical (unpaired) electrons. The average Bonchev–Trinajstić information content (AvgIpc) is 3.20. The predicted molar refractivity (Wildman–Crippen MR) is 125 cm³/mol. The Morgan fingerprint density at radius 1 is 1.15 bits per heavy atom. The molecule has 2 aromatic carbocycles. The number of hydrogen-bond acceptors (Lipinski definition) is 4. The molecule has 1 unspecified atom stereocenters. The number of rotatable bonds is 4. The quantitative estimate of drug-likeness (QED) is 0.297. The van der Waals surface area contributed by atoms with Gasteiger partial charge in [-0.15, -0.1) is 0 Å². The van der Waals surface area contributed by atoms with Gasteiger partial charge < -0.3 is 14.3 Å². The van der Waals surface area contributed by atoms with Crippen LogP contribution in [0.15, 0.2) is 59.6 Å². The maximum atomic E-state index is 13.0. The predicted octanol–water partition coefficient (Wildman–Crippen LogP) is 6.72. The van der Waals surface area contributed by atoms with Crippen LogP contribution in [-0.4, -0.2) is 25.8 Å². The van der Waals surface area contributed by atoms with E-state index < -0.39 is 22.8 Å². The third-order valence-electron chi connectivity index (χ3n) is 4.86. The molecule has 1 N–H and O–H groups in total. The second-order valence-electron chi connectivity index (χ2n) is 7.18. The number of H-pyrrole nitrogens is 1. The molecule has 11 heteroatoms. The van der Waals surface area contributed by atoms with Gasteiger partial charge in [-0.3, -0.25) is 4.21 Å². The second kappa shape index (κ2) is 10.8. The highest BCUT2D eigenvalue weighted by atomic mass is 35.5. The number of halogens is 5. The number of hydrogen-bond donors (Lipinski definition) is 1. The minimum Gasteiger partial charge on any atom is -0.768 e. The van der Waals surface area contributed by atoms with Crippen molar-refractivity contribution in [3.8, 4) is 5.88 Å². The highest BCUT2D eigenvalue weighted by Crippen LogP contribution is 2.35. The van der Waals surface area contributed by atoms with Crippen LogP contribution in [0.3, 0.4) is 0 Å². The van der Waals surface area contributed by atoms with Crippen LogP contribution in [0.1, 0.15) is 22.4 Å². The number of pyridine rings is 1. The molecular weight excluding hydrogens is 512 g/mol. The van der Waals surface area contributed by atoms with Crippen molar-refractivity contribution in [1.82, 2.24) is 9.97 Å². The summed E-state index contributed by atoms with van der Waals surface area (Å²) in [5.41, 5.74) is 1.55. The molecule has 4 aromatic rings. The molecule has 0 bridgehead atoms. The first-order valence-electron chi connectivity index (χ1n) is 9.72. The van der Waals surface area contributed by atoms with Crippen LogP contribution in [0.25, 0.3) is 10.9 Å². The molecule has 4 rings (SSSR count). The number of aromatic amines is 1. The molecule has 0 aliphatic rings. The van der Waals surface area contributed by atoms with Gasteiger partial charge in [0.2, 0.25) is 5.88 Å². The summed E-state index contributed by atoms with van der Waals surface area (Å²) in [5.74, 6) is 0.243. The summed E-state index contributed by atoms with van der Waals surface area (Å²) >= 11 is 10.3. The van der Waals surface area contributed by atoms with Crippen molar-refractivity contribution >= 4 is 45.2 Å². The van der Waals surface area contributed by atoms with Gasteiger partial charge in [0.1, 0.15) is 5.02 Å². The molecule has 34 heavy (non-hydrogen) atoms. The summed E-state index contributed by atoms with van der Waals surface area (Å²) < 4.78 is 64.4. The number of fused-ring (bicyclic) bond motifs is 1. The van der Waals surface area contributed by atoms with E-state index in [1.165, 1.54) is 13.3 Å². The lowest BCUT2D eigenvalue weighted by atomic mass is 10.1. The zero-order chi connectivity index (χ0) is 25.0. The number of ether oxygens (including phenoxy) is 1. The van der Waals surface area contributed by atoms with Crippen molar-refractivity contribution < 1.29 is 26.7 Å². The Kier molecular flexibility index (Phi) is 8.25. The van der Waals surface area contributed by atoms with Crippen LogP contribution in [0.4, 0.5) is 13.2 Å². The smallest absolute Gasteiger partial charge is 0.416 e. The summed E-state index contributed by atoms with van der Waals surface area (Å²) in [5, 5.41) is 1.36. The topological polar surface area (TPSA) is 78.0 Å². The first kappa shape index (κ1) is 26.0. The molecular formula is C23H18Cl2F3N2O3S-. The zero-order valence-corrected chi connectivity index (χ0v) is 20.2. The van der Waals surface area contributed by atoms with E-state index in [9.17, 15) is 21.9 Å². The van der Waals surface area contributed by atoms with Crippen molar-refractivity contribution in [2.24, 2.45) is 0 Å². The van der Waals surface area contributed by atoms with Gasteiger partial charge in [0.25, 0.3) is 0 Å². The fraction of sp³-hybridized carbons (Fsp3) is 0.174. The van der Waals surface area contributed by atoms with E-state index in [2.05, 4.69) is 9.97 Å². The van der Waals surface area contributed by atoms with Gasteiger partial charge in [0, 0.05) is 39.7 Å². The largest absolute Gasteiger partial charge is 0.768 e. The lowest BCUT2D eigenvalue weighted by Gasteiger charge is -2.09. The van der Waals surface area contributed by atoms with Crippen LogP contribution >= 0.6 is 23.2 Å². The SMILES string of the molecule is COc1ncc(Cl)c(Cc2cc3c(C)cc(C(F)(F)F)cc3[nH]2)c1Cl.O=S([O-])c1ccccc1. The maximum Gasteiger partial charge on any atom is 0.416 e. The van der Waals surface area contributed by atoms with Crippen molar-refractivity contribution in [3.63, 3.8) is 0 Å². The van der Waals surface area contributed by atoms with Gasteiger partial charge in [0.15, 0.2) is 0 Å². The van der Waals surface area contributed by atoms with E-state index in [1.54, 1.807) is 43.3 Å². The van der Waals surface area contributed by atoms with E-state index in [0.717, 1.165) is 17.5 Å². The standard InChI is InChI=1S/C17H13Cl2F3N2O.C6H6O2S/c1-8-3-9(17(20,21)22)4-14-11(8)5-10(24-14)6-12-13(18)7-23-16(25-2)15(12)19;7-9(8)6-4-2-1-3-5-6/h3-5,7,24H,6H2,1-2H3;1-5H,(H,7,8)/p-1. The van der Waals surface area contributed by atoms with E-state index in [1.807, 2.05) is 0 Å². The molecule has 0 fully saturated rings. The first-order chi connectivity index (χ1) is 16.0. The fourth-order valence-electron chi connectivity index (χ4n) is 3.25. The molecule has 2 heterocycles. The van der Waals surface area contributed by atoms with Crippen molar-refractivity contribution in [1.29, 1.82) is 0 Å². The number of nitrogens with zero attached hydrogens (tertiary/aromatic N) is 1. The highest BCUT2D eigenvalue weighted by Gasteiger charge is 2.31. The molecule has 5 nitrogen and oxygen atoms in total. The lowest BCUT2D eigenvalue weighted by molar-refractivity contribution is -0.137. The molecule has 0 aliphatic heterocycles. The Bertz CT molecular complexity index is 1330. The van der Waals surface area contributed by atoms with Gasteiger partial charge >= 0.3 is 6.18 Å². The van der Waals surface area contributed by atoms with Gasteiger partial charge in [-0.1, -0.05) is 41.4 Å².